The van der Waals surface area contributed by atoms with Gasteiger partial charge in [-0.3, -0.25) is 0 Å². The van der Waals surface area contributed by atoms with Gasteiger partial charge in [0.2, 0.25) is 0 Å². The Balaban J connectivity index is 2.32. The first kappa shape index (κ1) is 15.9. The van der Waals surface area contributed by atoms with Crippen LogP contribution in [0.3, 0.4) is 0 Å². The third-order valence-corrected chi connectivity index (χ3v) is 3.98. The molecule has 0 fully saturated rings. The average Bonchev–Trinajstić information content (AvgIpc) is 2.88. The lowest BCUT2D eigenvalue weighted by Crippen LogP contribution is -2.19. The first-order valence-corrected chi connectivity index (χ1v) is 8.15. The standard InChI is InChI=1S/C15H23N5S/c1-18(2)10-11-20-14(16-17-15(20)21-5)12-6-8-13(9-7-12)19(3)4/h6-9H,10-11H2,1-5H3. The fourth-order valence-corrected chi connectivity index (χ4v) is 2.58. The second-order valence-corrected chi connectivity index (χ2v) is 6.18. The number of benzene rings is 1. The van der Waals surface area contributed by atoms with Crippen LogP contribution in [0.1, 0.15) is 0 Å². The van der Waals surface area contributed by atoms with Crippen LogP contribution in [0.2, 0.25) is 0 Å². The highest BCUT2D eigenvalue weighted by Gasteiger charge is 2.13. The summed E-state index contributed by atoms with van der Waals surface area (Å²) in [4.78, 5) is 4.26. The molecule has 1 aromatic heterocycles. The zero-order valence-corrected chi connectivity index (χ0v) is 14.2. The molecule has 1 aromatic carbocycles. The zero-order chi connectivity index (χ0) is 15.4. The predicted octanol–water partition coefficient (Wildman–Crippen LogP) is 2.29. The molecule has 0 atom stereocenters. The summed E-state index contributed by atoms with van der Waals surface area (Å²) < 4.78 is 2.19. The van der Waals surface area contributed by atoms with E-state index in [0.29, 0.717) is 0 Å². The lowest BCUT2D eigenvalue weighted by molar-refractivity contribution is 0.378. The Morgan fingerprint density at radius 3 is 2.24 bits per heavy atom. The Bertz CT molecular complexity index is 574. The summed E-state index contributed by atoms with van der Waals surface area (Å²) in [6.45, 7) is 1.86. The molecule has 21 heavy (non-hydrogen) atoms. The molecule has 0 saturated carbocycles. The van der Waals surface area contributed by atoms with Crippen LogP contribution < -0.4 is 4.90 Å². The molecule has 0 aliphatic carbocycles. The summed E-state index contributed by atoms with van der Waals surface area (Å²) in [6, 6.07) is 8.43. The van der Waals surface area contributed by atoms with Crippen LogP contribution in [-0.2, 0) is 6.54 Å². The lowest BCUT2D eigenvalue weighted by atomic mass is 10.2. The molecule has 0 radical (unpaired) electrons. The molecule has 0 aliphatic rings. The molecule has 2 rings (SSSR count). The number of likely N-dealkylation sites (N-methyl/N-ethyl adjacent to an activating group) is 1. The second kappa shape index (κ2) is 6.95. The van der Waals surface area contributed by atoms with Gasteiger partial charge in [0.15, 0.2) is 11.0 Å². The van der Waals surface area contributed by atoms with E-state index in [2.05, 4.69) is 62.9 Å². The number of thioether (sulfide) groups is 1. The van der Waals surface area contributed by atoms with E-state index in [1.165, 1.54) is 5.69 Å². The van der Waals surface area contributed by atoms with Crippen molar-refractivity contribution in [2.24, 2.45) is 0 Å². The van der Waals surface area contributed by atoms with E-state index in [1.807, 2.05) is 20.4 Å². The summed E-state index contributed by atoms with van der Waals surface area (Å²) in [5.41, 5.74) is 2.29. The first-order valence-electron chi connectivity index (χ1n) is 6.92. The van der Waals surface area contributed by atoms with Gasteiger partial charge in [0.25, 0.3) is 0 Å². The number of aromatic nitrogens is 3. The summed E-state index contributed by atoms with van der Waals surface area (Å²) in [6.07, 6.45) is 2.04. The van der Waals surface area contributed by atoms with E-state index >= 15 is 0 Å². The van der Waals surface area contributed by atoms with Crippen molar-refractivity contribution in [3.05, 3.63) is 24.3 Å². The van der Waals surface area contributed by atoms with Gasteiger partial charge in [0.05, 0.1) is 0 Å². The van der Waals surface area contributed by atoms with Crippen LogP contribution in [0.25, 0.3) is 11.4 Å². The molecule has 0 spiro atoms. The predicted molar refractivity (Wildman–Crippen MR) is 90.1 cm³/mol. The van der Waals surface area contributed by atoms with Gasteiger partial charge in [-0.2, -0.15) is 0 Å². The minimum Gasteiger partial charge on any atom is -0.378 e. The maximum absolute atomic E-state index is 4.37. The summed E-state index contributed by atoms with van der Waals surface area (Å²) >= 11 is 1.63. The molecule has 6 heteroatoms. The Morgan fingerprint density at radius 2 is 1.71 bits per heavy atom. The van der Waals surface area contributed by atoms with Crippen LogP contribution >= 0.6 is 11.8 Å². The highest BCUT2D eigenvalue weighted by atomic mass is 32.2. The Hall–Kier alpha value is -1.53. The van der Waals surface area contributed by atoms with Crippen molar-refractivity contribution in [3.8, 4) is 11.4 Å². The molecule has 114 valence electrons. The topological polar surface area (TPSA) is 37.2 Å². The number of anilines is 1. The van der Waals surface area contributed by atoms with Crippen molar-refractivity contribution in [3.63, 3.8) is 0 Å². The van der Waals surface area contributed by atoms with E-state index in [1.54, 1.807) is 11.8 Å². The van der Waals surface area contributed by atoms with E-state index < -0.39 is 0 Å². The largest absolute Gasteiger partial charge is 0.378 e. The number of hydrogen-bond acceptors (Lipinski definition) is 5. The summed E-state index contributed by atoms with van der Waals surface area (Å²) in [7, 11) is 8.24. The normalized spacial score (nSPS) is 11.1. The van der Waals surface area contributed by atoms with E-state index in [0.717, 1.165) is 29.6 Å². The van der Waals surface area contributed by atoms with Crippen molar-refractivity contribution in [2.75, 3.05) is 45.9 Å². The smallest absolute Gasteiger partial charge is 0.191 e. The van der Waals surface area contributed by atoms with Crippen LogP contribution in [0.4, 0.5) is 5.69 Å². The van der Waals surface area contributed by atoms with Gasteiger partial charge >= 0.3 is 0 Å². The van der Waals surface area contributed by atoms with E-state index in [-0.39, 0.29) is 0 Å². The quantitative estimate of drug-likeness (QED) is 0.766. The van der Waals surface area contributed by atoms with Gasteiger partial charge in [0, 0.05) is 38.4 Å². The molecule has 0 bridgehead atoms. The van der Waals surface area contributed by atoms with Crippen molar-refractivity contribution >= 4 is 17.4 Å². The maximum atomic E-state index is 4.37. The van der Waals surface area contributed by atoms with Crippen LogP contribution in [-0.4, -0.2) is 60.7 Å². The van der Waals surface area contributed by atoms with Crippen molar-refractivity contribution in [2.45, 2.75) is 11.7 Å². The molecule has 5 nitrogen and oxygen atoms in total. The van der Waals surface area contributed by atoms with E-state index in [9.17, 15) is 0 Å². The van der Waals surface area contributed by atoms with Crippen molar-refractivity contribution in [1.82, 2.24) is 19.7 Å². The Kier molecular flexibility index (Phi) is 5.25. The van der Waals surface area contributed by atoms with Gasteiger partial charge in [0.1, 0.15) is 0 Å². The first-order chi connectivity index (χ1) is 10.0. The van der Waals surface area contributed by atoms with Gasteiger partial charge in [-0.05, 0) is 44.6 Å². The molecule has 0 N–H and O–H groups in total. The number of hydrogen-bond donors (Lipinski definition) is 0. The molecular weight excluding hydrogens is 282 g/mol. The van der Waals surface area contributed by atoms with Crippen molar-refractivity contribution < 1.29 is 0 Å². The third kappa shape index (κ3) is 3.77. The molecule has 0 amide bonds. The number of nitrogens with zero attached hydrogens (tertiary/aromatic N) is 5. The van der Waals surface area contributed by atoms with Gasteiger partial charge in [-0.25, -0.2) is 0 Å². The fourth-order valence-electron chi connectivity index (χ4n) is 2.06. The average molecular weight is 305 g/mol. The fraction of sp³-hybridized carbons (Fsp3) is 0.467. The molecule has 2 aromatic rings. The van der Waals surface area contributed by atoms with Crippen LogP contribution in [0.5, 0.6) is 0 Å². The SMILES string of the molecule is CSc1nnc(-c2ccc(N(C)C)cc2)n1CCN(C)C. The summed E-state index contributed by atoms with van der Waals surface area (Å²) in [5, 5.41) is 9.62. The number of rotatable bonds is 6. The minimum absolute atomic E-state index is 0.890. The lowest BCUT2D eigenvalue weighted by Gasteiger charge is -2.15. The van der Waals surface area contributed by atoms with Gasteiger partial charge < -0.3 is 14.4 Å². The van der Waals surface area contributed by atoms with Gasteiger partial charge in [-0.15, -0.1) is 10.2 Å². The molecule has 0 saturated heterocycles. The van der Waals surface area contributed by atoms with Crippen LogP contribution in [0.15, 0.2) is 29.4 Å². The Morgan fingerprint density at radius 1 is 1.05 bits per heavy atom. The maximum Gasteiger partial charge on any atom is 0.191 e. The zero-order valence-electron chi connectivity index (χ0n) is 13.4. The molecule has 1 heterocycles. The minimum atomic E-state index is 0.890. The second-order valence-electron chi connectivity index (χ2n) is 5.41. The van der Waals surface area contributed by atoms with Crippen molar-refractivity contribution in [1.29, 1.82) is 0 Å². The summed E-state index contributed by atoms with van der Waals surface area (Å²) in [5.74, 6) is 0.937. The Labute approximate surface area is 131 Å². The van der Waals surface area contributed by atoms with Gasteiger partial charge in [-0.1, -0.05) is 11.8 Å². The monoisotopic (exact) mass is 305 g/mol. The third-order valence-electron chi connectivity index (χ3n) is 3.31. The molecule has 0 aliphatic heterocycles. The highest BCUT2D eigenvalue weighted by Crippen LogP contribution is 2.24. The van der Waals surface area contributed by atoms with Crippen LogP contribution in [0, 0.1) is 0 Å². The van der Waals surface area contributed by atoms with E-state index in [4.69, 9.17) is 0 Å². The molecular formula is C15H23N5S. The highest BCUT2D eigenvalue weighted by molar-refractivity contribution is 7.98. The molecule has 0 unspecified atom stereocenters.